The Morgan fingerprint density at radius 1 is 1.33 bits per heavy atom. The molecule has 1 aliphatic carbocycles. The first-order valence-corrected chi connectivity index (χ1v) is 10.7. The maximum Gasteiger partial charge on any atom is 0.193 e. The van der Waals surface area contributed by atoms with E-state index in [9.17, 15) is 8.42 Å². The number of hydrogen-bond acceptors (Lipinski definition) is 4. The lowest BCUT2D eigenvalue weighted by Gasteiger charge is -2.39. The van der Waals surface area contributed by atoms with Gasteiger partial charge in [0.25, 0.3) is 0 Å². The zero-order valence-corrected chi connectivity index (χ0v) is 16.4. The van der Waals surface area contributed by atoms with Gasteiger partial charge < -0.3 is 15.0 Å². The van der Waals surface area contributed by atoms with Gasteiger partial charge in [-0.3, -0.25) is 4.99 Å². The van der Waals surface area contributed by atoms with Gasteiger partial charge >= 0.3 is 0 Å². The van der Waals surface area contributed by atoms with Gasteiger partial charge in [0.1, 0.15) is 0 Å². The highest BCUT2D eigenvalue weighted by Crippen LogP contribution is 2.26. The molecule has 24 heavy (non-hydrogen) atoms. The second-order valence-corrected chi connectivity index (χ2v) is 10.4. The third kappa shape index (κ3) is 4.63. The number of guanidine groups is 1. The second kappa shape index (κ2) is 8.04. The predicted molar refractivity (Wildman–Crippen MR) is 98.2 cm³/mol. The Kier molecular flexibility index (Phi) is 6.53. The van der Waals surface area contributed by atoms with E-state index in [0.717, 1.165) is 12.4 Å². The molecule has 140 valence electrons. The largest absolute Gasteiger partial charge is 0.376 e. The molecule has 1 heterocycles. The summed E-state index contributed by atoms with van der Waals surface area (Å²) in [5.74, 6) is 1.58. The van der Waals surface area contributed by atoms with Gasteiger partial charge in [0.05, 0.1) is 23.2 Å². The Hall–Kier alpha value is -0.820. The molecule has 1 saturated heterocycles. The van der Waals surface area contributed by atoms with Crippen LogP contribution in [0.15, 0.2) is 4.99 Å². The van der Waals surface area contributed by atoms with Crippen molar-refractivity contribution in [2.45, 2.75) is 57.3 Å². The van der Waals surface area contributed by atoms with Gasteiger partial charge in [0.2, 0.25) is 0 Å². The Morgan fingerprint density at radius 2 is 2.04 bits per heavy atom. The Labute approximate surface area is 147 Å². The summed E-state index contributed by atoms with van der Waals surface area (Å²) in [6, 6.07) is 0. The van der Waals surface area contributed by atoms with Gasteiger partial charge in [0.15, 0.2) is 15.8 Å². The maximum absolute atomic E-state index is 12.1. The summed E-state index contributed by atoms with van der Waals surface area (Å²) in [6.07, 6.45) is 5.38. The van der Waals surface area contributed by atoms with E-state index in [1.54, 1.807) is 20.9 Å². The molecular weight excluding hydrogens is 326 g/mol. The fraction of sp³-hybridized carbons (Fsp3) is 0.941. The van der Waals surface area contributed by atoms with E-state index >= 15 is 0 Å². The van der Waals surface area contributed by atoms with E-state index in [4.69, 9.17) is 4.74 Å². The molecule has 0 aromatic carbocycles. The van der Waals surface area contributed by atoms with Gasteiger partial charge in [0, 0.05) is 26.7 Å². The molecule has 1 aliphatic heterocycles. The highest BCUT2D eigenvalue weighted by Gasteiger charge is 2.40. The van der Waals surface area contributed by atoms with Gasteiger partial charge in [-0.2, -0.15) is 0 Å². The van der Waals surface area contributed by atoms with Crippen molar-refractivity contribution in [3.05, 3.63) is 0 Å². The van der Waals surface area contributed by atoms with E-state index in [2.05, 4.69) is 17.2 Å². The van der Waals surface area contributed by atoms with Crippen LogP contribution in [0.25, 0.3) is 0 Å². The number of hydrogen-bond donors (Lipinski definition) is 1. The van der Waals surface area contributed by atoms with Crippen LogP contribution in [0, 0.1) is 5.92 Å². The minimum atomic E-state index is -3.03. The number of nitrogens with zero attached hydrogens (tertiary/aromatic N) is 2. The first-order chi connectivity index (χ1) is 11.3. The number of sulfone groups is 1. The molecule has 0 spiro atoms. The molecule has 7 heteroatoms. The average Bonchev–Trinajstić information content (AvgIpc) is 2.52. The molecule has 1 N–H and O–H groups in total. The van der Waals surface area contributed by atoms with Crippen LogP contribution in [-0.4, -0.2) is 69.2 Å². The molecule has 0 bridgehead atoms. The Bertz CT molecular complexity index is 545. The first-order valence-electron chi connectivity index (χ1n) is 9.06. The monoisotopic (exact) mass is 359 g/mol. The predicted octanol–water partition coefficient (Wildman–Crippen LogP) is 1.67. The van der Waals surface area contributed by atoms with Crippen LogP contribution in [0.5, 0.6) is 0 Å². The molecule has 2 unspecified atom stereocenters. The van der Waals surface area contributed by atoms with Gasteiger partial charge in [-0.25, -0.2) is 8.42 Å². The molecular formula is C17H33N3O3S. The normalized spacial score (nSPS) is 30.2. The van der Waals surface area contributed by atoms with Crippen LogP contribution in [0.3, 0.4) is 0 Å². The maximum atomic E-state index is 12.1. The van der Waals surface area contributed by atoms with E-state index in [0.29, 0.717) is 38.3 Å². The van der Waals surface area contributed by atoms with Crippen molar-refractivity contribution in [1.82, 2.24) is 10.2 Å². The van der Waals surface area contributed by atoms with Crippen LogP contribution in [0.1, 0.15) is 46.5 Å². The summed E-state index contributed by atoms with van der Waals surface area (Å²) in [5.41, 5.74) is 0. The first kappa shape index (κ1) is 19.5. The van der Waals surface area contributed by atoms with E-state index in [1.165, 1.54) is 19.3 Å². The standard InChI is InChI=1S/C17H33N3O3S/c1-14-7-5-6-8-15(14)23-11-9-19-16(18-4)20-10-12-24(21,22)17(2,3)13-20/h14-15H,5-13H2,1-4H3,(H,18,19). The van der Waals surface area contributed by atoms with Crippen molar-refractivity contribution in [3.8, 4) is 0 Å². The van der Waals surface area contributed by atoms with E-state index in [1.807, 2.05) is 4.90 Å². The van der Waals surface area contributed by atoms with Crippen LogP contribution in [-0.2, 0) is 14.6 Å². The highest BCUT2D eigenvalue weighted by atomic mass is 32.2. The minimum absolute atomic E-state index is 0.177. The highest BCUT2D eigenvalue weighted by molar-refractivity contribution is 7.92. The van der Waals surface area contributed by atoms with Gasteiger partial charge in [-0.05, 0) is 32.6 Å². The average molecular weight is 360 g/mol. The van der Waals surface area contributed by atoms with Crippen molar-refractivity contribution >= 4 is 15.8 Å². The zero-order valence-electron chi connectivity index (χ0n) is 15.5. The smallest absolute Gasteiger partial charge is 0.193 e. The number of rotatable bonds is 4. The Balaban J connectivity index is 1.79. The molecule has 0 amide bonds. The van der Waals surface area contributed by atoms with Gasteiger partial charge in [-0.1, -0.05) is 19.8 Å². The van der Waals surface area contributed by atoms with E-state index in [-0.39, 0.29) is 5.75 Å². The van der Waals surface area contributed by atoms with Crippen molar-refractivity contribution in [2.24, 2.45) is 10.9 Å². The van der Waals surface area contributed by atoms with Crippen LogP contribution < -0.4 is 5.32 Å². The van der Waals surface area contributed by atoms with Crippen molar-refractivity contribution < 1.29 is 13.2 Å². The summed E-state index contributed by atoms with van der Waals surface area (Å²) in [6.45, 7) is 8.15. The van der Waals surface area contributed by atoms with Gasteiger partial charge in [-0.15, -0.1) is 0 Å². The van der Waals surface area contributed by atoms with Crippen molar-refractivity contribution in [1.29, 1.82) is 0 Å². The molecule has 0 radical (unpaired) electrons. The molecule has 2 atom stereocenters. The fourth-order valence-corrected chi connectivity index (χ4v) is 4.93. The number of nitrogens with one attached hydrogen (secondary N) is 1. The third-order valence-electron chi connectivity index (χ3n) is 5.30. The van der Waals surface area contributed by atoms with E-state index < -0.39 is 14.6 Å². The summed E-state index contributed by atoms with van der Waals surface area (Å²) >= 11 is 0. The number of ether oxygens (including phenoxy) is 1. The second-order valence-electron chi connectivity index (χ2n) is 7.65. The molecule has 2 fully saturated rings. The lowest BCUT2D eigenvalue weighted by Crippen LogP contribution is -2.57. The Morgan fingerprint density at radius 3 is 2.67 bits per heavy atom. The summed E-state index contributed by atoms with van der Waals surface area (Å²) in [7, 11) is -1.29. The minimum Gasteiger partial charge on any atom is -0.376 e. The molecule has 0 aromatic heterocycles. The topological polar surface area (TPSA) is 71.0 Å². The van der Waals surface area contributed by atoms with Crippen molar-refractivity contribution in [2.75, 3.05) is 39.0 Å². The SMILES string of the molecule is CN=C(NCCOC1CCCCC1C)N1CCS(=O)(=O)C(C)(C)C1. The molecule has 2 aliphatic rings. The fourth-order valence-electron chi connectivity index (χ4n) is 3.56. The lowest BCUT2D eigenvalue weighted by molar-refractivity contribution is -0.00217. The van der Waals surface area contributed by atoms with Crippen LogP contribution in [0.2, 0.25) is 0 Å². The molecule has 0 aromatic rings. The number of aliphatic imine (C=N–C) groups is 1. The quantitative estimate of drug-likeness (QED) is 0.470. The van der Waals surface area contributed by atoms with Crippen LogP contribution in [0.4, 0.5) is 0 Å². The summed E-state index contributed by atoms with van der Waals surface area (Å²) in [5, 5.41) is 3.31. The molecule has 1 saturated carbocycles. The third-order valence-corrected chi connectivity index (χ3v) is 7.84. The van der Waals surface area contributed by atoms with Crippen LogP contribution >= 0.6 is 0 Å². The zero-order chi connectivity index (χ0) is 17.8. The molecule has 2 rings (SSSR count). The van der Waals surface area contributed by atoms with Crippen molar-refractivity contribution in [3.63, 3.8) is 0 Å². The summed E-state index contributed by atoms with van der Waals surface area (Å²) < 4.78 is 29.5. The lowest BCUT2D eigenvalue weighted by atomic mass is 9.88. The molecule has 6 nitrogen and oxygen atoms in total. The summed E-state index contributed by atoms with van der Waals surface area (Å²) in [4.78, 5) is 6.34.